The zero-order valence-corrected chi connectivity index (χ0v) is 16.4. The highest BCUT2D eigenvalue weighted by molar-refractivity contribution is 7.92. The van der Waals surface area contributed by atoms with E-state index in [0.29, 0.717) is 28.3 Å². The van der Waals surface area contributed by atoms with Crippen LogP contribution in [0.25, 0.3) is 0 Å². The Bertz CT molecular complexity index is 908. The number of sulfonamides is 1. The lowest BCUT2D eigenvalue weighted by atomic mass is 10.1. The molecule has 0 aliphatic carbocycles. The van der Waals surface area contributed by atoms with Crippen molar-refractivity contribution in [2.75, 3.05) is 22.9 Å². The van der Waals surface area contributed by atoms with Crippen LogP contribution in [0.1, 0.15) is 29.8 Å². The molecule has 1 amide bonds. The first-order valence-electron chi connectivity index (χ1n) is 8.20. The van der Waals surface area contributed by atoms with Crippen LogP contribution >= 0.6 is 0 Å². The largest absolute Gasteiger partial charge is 0.491 e. The lowest BCUT2D eigenvalue weighted by Gasteiger charge is -2.19. The number of benzene rings is 2. The SMILES string of the molecule is Cc1cc(C(=O)Nc2cccc(OC(C)C)c2)ccc1N(C)S(C)(=O)=O. The summed E-state index contributed by atoms with van der Waals surface area (Å²) in [6, 6.07) is 12.1. The van der Waals surface area contributed by atoms with Crippen LogP contribution in [0.3, 0.4) is 0 Å². The van der Waals surface area contributed by atoms with Gasteiger partial charge in [0.15, 0.2) is 0 Å². The van der Waals surface area contributed by atoms with E-state index < -0.39 is 10.0 Å². The highest BCUT2D eigenvalue weighted by atomic mass is 32.2. The minimum absolute atomic E-state index is 0.0444. The first-order valence-corrected chi connectivity index (χ1v) is 10.1. The van der Waals surface area contributed by atoms with Crippen molar-refractivity contribution >= 4 is 27.3 Å². The van der Waals surface area contributed by atoms with Crippen molar-refractivity contribution in [2.24, 2.45) is 0 Å². The van der Waals surface area contributed by atoms with Crippen LogP contribution in [0.5, 0.6) is 5.75 Å². The molecule has 2 rings (SSSR count). The van der Waals surface area contributed by atoms with E-state index in [4.69, 9.17) is 4.74 Å². The minimum atomic E-state index is -3.36. The summed E-state index contributed by atoms with van der Waals surface area (Å²) in [5.41, 5.74) is 2.31. The fourth-order valence-electron chi connectivity index (χ4n) is 2.45. The van der Waals surface area contributed by atoms with Crippen LogP contribution in [0.15, 0.2) is 42.5 Å². The Labute approximate surface area is 154 Å². The Morgan fingerprint density at radius 2 is 1.85 bits per heavy atom. The summed E-state index contributed by atoms with van der Waals surface area (Å²) in [6.45, 7) is 5.64. The number of hydrogen-bond donors (Lipinski definition) is 1. The topological polar surface area (TPSA) is 75.7 Å². The summed E-state index contributed by atoms with van der Waals surface area (Å²) in [5, 5.41) is 2.83. The fourth-order valence-corrected chi connectivity index (χ4v) is 3.01. The predicted molar refractivity (Wildman–Crippen MR) is 105 cm³/mol. The van der Waals surface area contributed by atoms with Crippen molar-refractivity contribution in [1.29, 1.82) is 0 Å². The normalized spacial score (nSPS) is 11.3. The number of anilines is 2. The van der Waals surface area contributed by atoms with E-state index >= 15 is 0 Å². The lowest BCUT2D eigenvalue weighted by molar-refractivity contribution is 0.102. The summed E-state index contributed by atoms with van der Waals surface area (Å²) >= 11 is 0. The first kappa shape index (κ1) is 19.8. The third-order valence-corrected chi connectivity index (χ3v) is 4.95. The highest BCUT2D eigenvalue weighted by Crippen LogP contribution is 2.23. The van der Waals surface area contributed by atoms with Gasteiger partial charge < -0.3 is 10.1 Å². The highest BCUT2D eigenvalue weighted by Gasteiger charge is 2.16. The quantitative estimate of drug-likeness (QED) is 0.838. The molecule has 140 valence electrons. The molecule has 0 aromatic heterocycles. The van der Waals surface area contributed by atoms with Gasteiger partial charge in [0.25, 0.3) is 5.91 Å². The van der Waals surface area contributed by atoms with E-state index in [1.807, 2.05) is 26.0 Å². The van der Waals surface area contributed by atoms with Gasteiger partial charge in [0, 0.05) is 24.4 Å². The van der Waals surface area contributed by atoms with Gasteiger partial charge in [0.1, 0.15) is 5.75 Å². The molecule has 0 unspecified atom stereocenters. The van der Waals surface area contributed by atoms with Crippen LogP contribution in [0.2, 0.25) is 0 Å². The maximum atomic E-state index is 12.5. The van der Waals surface area contributed by atoms with Gasteiger partial charge in [-0.15, -0.1) is 0 Å². The molecule has 0 aliphatic heterocycles. The number of amides is 1. The molecule has 0 fully saturated rings. The molecule has 1 N–H and O–H groups in total. The van der Waals surface area contributed by atoms with E-state index in [2.05, 4.69) is 5.32 Å². The third kappa shape index (κ3) is 4.98. The molecule has 7 heteroatoms. The molecule has 0 saturated heterocycles. The second kappa shape index (κ2) is 7.78. The van der Waals surface area contributed by atoms with Gasteiger partial charge >= 0.3 is 0 Å². The number of carbonyl (C=O) groups excluding carboxylic acids is 1. The maximum Gasteiger partial charge on any atom is 0.255 e. The van der Waals surface area contributed by atoms with Crippen molar-refractivity contribution < 1.29 is 17.9 Å². The van der Waals surface area contributed by atoms with Gasteiger partial charge in [-0.25, -0.2) is 8.42 Å². The molecule has 0 bridgehead atoms. The molecule has 2 aromatic carbocycles. The molecule has 2 aromatic rings. The fraction of sp³-hybridized carbons (Fsp3) is 0.316. The average Bonchev–Trinajstić information content (AvgIpc) is 2.53. The van der Waals surface area contributed by atoms with E-state index in [0.717, 1.165) is 6.26 Å². The summed E-state index contributed by atoms with van der Waals surface area (Å²) in [4.78, 5) is 12.5. The molecule has 0 heterocycles. The Morgan fingerprint density at radius 3 is 2.42 bits per heavy atom. The molecule has 0 aliphatic rings. The average molecular weight is 376 g/mol. The van der Waals surface area contributed by atoms with E-state index in [1.165, 1.54) is 11.4 Å². The van der Waals surface area contributed by atoms with E-state index in [-0.39, 0.29) is 12.0 Å². The summed E-state index contributed by atoms with van der Waals surface area (Å²) in [7, 11) is -1.87. The number of hydrogen-bond acceptors (Lipinski definition) is 4. The Hall–Kier alpha value is -2.54. The number of aryl methyl sites for hydroxylation is 1. The summed E-state index contributed by atoms with van der Waals surface area (Å²) in [6.07, 6.45) is 1.18. The molecular formula is C19H24N2O4S. The standard InChI is InChI=1S/C19H24N2O4S/c1-13(2)25-17-8-6-7-16(12-17)20-19(22)15-9-10-18(14(3)11-15)21(4)26(5,23)24/h6-13H,1-5H3,(H,20,22). The number of ether oxygens (including phenoxy) is 1. The molecule has 6 nitrogen and oxygen atoms in total. The Balaban J connectivity index is 2.19. The molecule has 0 radical (unpaired) electrons. The minimum Gasteiger partial charge on any atom is -0.491 e. The molecule has 26 heavy (non-hydrogen) atoms. The second-order valence-electron chi connectivity index (χ2n) is 6.38. The van der Waals surface area contributed by atoms with Crippen molar-refractivity contribution in [2.45, 2.75) is 26.9 Å². The van der Waals surface area contributed by atoms with Crippen LogP contribution < -0.4 is 14.4 Å². The Kier molecular flexibility index (Phi) is 5.92. The number of nitrogens with one attached hydrogen (secondary N) is 1. The van der Waals surface area contributed by atoms with Gasteiger partial charge in [-0.05, 0) is 56.7 Å². The number of nitrogens with zero attached hydrogens (tertiary/aromatic N) is 1. The maximum absolute atomic E-state index is 12.5. The second-order valence-corrected chi connectivity index (χ2v) is 8.39. The molecule has 0 saturated carbocycles. The number of carbonyl (C=O) groups is 1. The molecular weight excluding hydrogens is 352 g/mol. The monoisotopic (exact) mass is 376 g/mol. The lowest BCUT2D eigenvalue weighted by Crippen LogP contribution is -2.25. The van der Waals surface area contributed by atoms with Crippen molar-refractivity contribution in [3.05, 3.63) is 53.6 Å². The zero-order chi connectivity index (χ0) is 19.5. The first-order chi connectivity index (χ1) is 12.1. The van der Waals surface area contributed by atoms with Crippen molar-refractivity contribution in [1.82, 2.24) is 0 Å². The van der Waals surface area contributed by atoms with Gasteiger partial charge in [0.05, 0.1) is 18.0 Å². The van der Waals surface area contributed by atoms with Gasteiger partial charge in [-0.3, -0.25) is 9.10 Å². The van der Waals surface area contributed by atoms with E-state index in [9.17, 15) is 13.2 Å². The van der Waals surface area contributed by atoms with Gasteiger partial charge in [-0.1, -0.05) is 6.07 Å². The third-order valence-electron chi connectivity index (χ3n) is 3.76. The summed E-state index contributed by atoms with van der Waals surface area (Å²) in [5.74, 6) is 0.405. The Morgan fingerprint density at radius 1 is 1.15 bits per heavy atom. The van der Waals surface area contributed by atoms with Crippen LogP contribution in [0.4, 0.5) is 11.4 Å². The van der Waals surface area contributed by atoms with Crippen molar-refractivity contribution in [3.8, 4) is 5.75 Å². The van der Waals surface area contributed by atoms with Gasteiger partial charge in [0.2, 0.25) is 10.0 Å². The molecule has 0 atom stereocenters. The van der Waals surface area contributed by atoms with Crippen molar-refractivity contribution in [3.63, 3.8) is 0 Å². The zero-order valence-electron chi connectivity index (χ0n) is 15.6. The van der Waals surface area contributed by atoms with E-state index in [1.54, 1.807) is 37.3 Å². The van der Waals surface area contributed by atoms with Crippen LogP contribution in [-0.4, -0.2) is 33.7 Å². The number of rotatable bonds is 6. The molecule has 0 spiro atoms. The summed E-state index contributed by atoms with van der Waals surface area (Å²) < 4.78 is 30.2. The smallest absolute Gasteiger partial charge is 0.255 e. The van der Waals surface area contributed by atoms with Crippen LogP contribution in [-0.2, 0) is 10.0 Å². The van der Waals surface area contributed by atoms with Gasteiger partial charge in [-0.2, -0.15) is 0 Å². The van der Waals surface area contributed by atoms with Crippen LogP contribution in [0, 0.1) is 6.92 Å². The predicted octanol–water partition coefficient (Wildman–Crippen LogP) is 3.43.